The Morgan fingerprint density at radius 1 is 0.742 bits per heavy atom. The van der Waals surface area contributed by atoms with E-state index in [1.807, 2.05) is 0 Å². The molecule has 0 saturated carbocycles. The van der Waals surface area contributed by atoms with Gasteiger partial charge in [0, 0.05) is 26.9 Å². The molecule has 0 saturated heterocycles. The molecule has 0 rings (SSSR count). The summed E-state index contributed by atoms with van der Waals surface area (Å²) in [6, 6.07) is 0. The van der Waals surface area contributed by atoms with Crippen LogP contribution in [0.15, 0.2) is 12.2 Å². The highest BCUT2D eigenvalue weighted by Gasteiger charge is 2.08. The summed E-state index contributed by atoms with van der Waals surface area (Å²) >= 11 is 0. The van der Waals surface area contributed by atoms with Crippen LogP contribution in [0.3, 0.4) is 0 Å². The quantitative estimate of drug-likeness (QED) is 0.127. The smallest absolute Gasteiger partial charge is 0.302 e. The molecule has 0 heterocycles. The summed E-state index contributed by atoms with van der Waals surface area (Å²) in [6.45, 7) is 8.37. The van der Waals surface area contributed by atoms with E-state index in [0.717, 1.165) is 13.1 Å². The summed E-state index contributed by atoms with van der Waals surface area (Å²) < 4.78 is 4.91. The minimum atomic E-state index is -0.304. The Hall–Kier alpha value is -1.36. The molecule has 182 valence electrons. The molecule has 0 radical (unpaired) electrons. The van der Waals surface area contributed by atoms with Gasteiger partial charge in [-0.2, -0.15) is 0 Å². The van der Waals surface area contributed by atoms with Crippen LogP contribution in [0.1, 0.15) is 111 Å². The van der Waals surface area contributed by atoms with Crippen LogP contribution in [0.4, 0.5) is 0 Å². The largest absolute Gasteiger partial charge is 0.464 e. The molecular formula is C26H50N2O3. The third kappa shape index (κ3) is 23.1. The van der Waals surface area contributed by atoms with Crippen molar-refractivity contribution < 1.29 is 14.3 Å². The number of hydrogen-bond donors (Lipinski definition) is 1. The summed E-state index contributed by atoms with van der Waals surface area (Å²) in [5, 5.41) is 3.41. The molecule has 0 spiro atoms. The van der Waals surface area contributed by atoms with Gasteiger partial charge >= 0.3 is 5.97 Å². The lowest BCUT2D eigenvalue weighted by Crippen LogP contribution is -2.38. The second kappa shape index (κ2) is 23.3. The van der Waals surface area contributed by atoms with Gasteiger partial charge in [0.1, 0.15) is 6.61 Å². The highest BCUT2D eigenvalue weighted by molar-refractivity contribution is 5.73. The van der Waals surface area contributed by atoms with Crippen molar-refractivity contribution in [3.8, 4) is 0 Å². The normalized spacial score (nSPS) is 11.2. The van der Waals surface area contributed by atoms with Gasteiger partial charge in [-0.25, -0.2) is 0 Å². The Morgan fingerprint density at radius 3 is 1.84 bits per heavy atom. The Labute approximate surface area is 192 Å². The molecule has 0 aromatic heterocycles. The van der Waals surface area contributed by atoms with Crippen molar-refractivity contribution in [3.05, 3.63) is 12.2 Å². The van der Waals surface area contributed by atoms with E-state index in [0.29, 0.717) is 13.1 Å². The number of rotatable bonds is 22. The van der Waals surface area contributed by atoms with E-state index in [1.54, 1.807) is 11.8 Å². The lowest BCUT2D eigenvalue weighted by Gasteiger charge is -2.21. The zero-order chi connectivity index (χ0) is 23.0. The summed E-state index contributed by atoms with van der Waals surface area (Å²) in [7, 11) is 0. The van der Waals surface area contributed by atoms with Crippen LogP contribution in [0, 0.1) is 0 Å². The Bertz CT molecular complexity index is 452. The average molecular weight is 439 g/mol. The van der Waals surface area contributed by atoms with Crippen molar-refractivity contribution in [1.82, 2.24) is 10.2 Å². The monoisotopic (exact) mass is 438 g/mol. The third-order valence-corrected chi connectivity index (χ3v) is 5.54. The van der Waals surface area contributed by atoms with Crippen molar-refractivity contribution in [2.75, 3.05) is 32.8 Å². The summed E-state index contributed by atoms with van der Waals surface area (Å²) in [5.74, 6) is -0.284. The van der Waals surface area contributed by atoms with E-state index in [9.17, 15) is 9.59 Å². The highest BCUT2D eigenvalue weighted by atomic mass is 16.5. The molecule has 0 fully saturated rings. The highest BCUT2D eigenvalue weighted by Crippen LogP contribution is 2.09. The van der Waals surface area contributed by atoms with Gasteiger partial charge < -0.3 is 15.0 Å². The first-order chi connectivity index (χ1) is 15.1. The fourth-order valence-electron chi connectivity index (χ4n) is 3.56. The molecule has 0 aliphatic carbocycles. The number of unbranched alkanes of at least 4 members (excludes halogenated alkanes) is 12. The number of nitrogens with one attached hydrogen (secondary N) is 1. The summed E-state index contributed by atoms with van der Waals surface area (Å²) in [4.78, 5) is 24.1. The number of carbonyl (C=O) groups excluding carboxylic acids is 2. The molecule has 0 aliphatic heterocycles. The first kappa shape index (κ1) is 29.6. The first-order valence-corrected chi connectivity index (χ1v) is 12.8. The van der Waals surface area contributed by atoms with Crippen molar-refractivity contribution >= 4 is 11.9 Å². The van der Waals surface area contributed by atoms with Gasteiger partial charge in [-0.3, -0.25) is 9.59 Å². The molecule has 0 bridgehead atoms. The number of nitrogens with zero attached hydrogens (tertiary/aromatic N) is 1. The van der Waals surface area contributed by atoms with E-state index in [2.05, 4.69) is 24.4 Å². The molecule has 0 atom stereocenters. The third-order valence-electron chi connectivity index (χ3n) is 5.54. The lowest BCUT2D eigenvalue weighted by atomic mass is 10.1. The minimum absolute atomic E-state index is 0.0196. The number of hydrogen-bond acceptors (Lipinski definition) is 4. The summed E-state index contributed by atoms with van der Waals surface area (Å²) in [5.41, 5.74) is 0. The Kier molecular flexibility index (Phi) is 22.3. The number of allylic oxidation sites excluding steroid dienone is 2. The summed E-state index contributed by atoms with van der Waals surface area (Å²) in [6.07, 6.45) is 23.3. The predicted molar refractivity (Wildman–Crippen MR) is 131 cm³/mol. The number of carbonyl (C=O) groups is 2. The van der Waals surface area contributed by atoms with Crippen molar-refractivity contribution in [2.45, 2.75) is 111 Å². The number of amides is 1. The zero-order valence-electron chi connectivity index (χ0n) is 20.8. The van der Waals surface area contributed by atoms with Gasteiger partial charge in [0.15, 0.2) is 0 Å². The Balaban J connectivity index is 3.35. The van der Waals surface area contributed by atoms with E-state index < -0.39 is 0 Å². The molecule has 5 nitrogen and oxygen atoms in total. The standard InChI is InChI=1S/C26H50N2O3/c1-4-5-6-7-8-9-10-11-12-13-14-15-16-17-18-19-20-27-21-22-28(25(2)29)23-24-31-26(3)30/h11-12,27H,4-10,13-24H2,1-3H3/b12-11+. The fraction of sp³-hybridized carbons (Fsp3) is 0.846. The second-order valence-electron chi connectivity index (χ2n) is 8.53. The van der Waals surface area contributed by atoms with E-state index in [4.69, 9.17) is 4.74 Å². The maximum atomic E-state index is 11.6. The Morgan fingerprint density at radius 2 is 1.29 bits per heavy atom. The van der Waals surface area contributed by atoms with Crippen LogP contribution in [0.25, 0.3) is 0 Å². The molecule has 0 aliphatic rings. The molecule has 0 aromatic carbocycles. The maximum absolute atomic E-state index is 11.6. The second-order valence-corrected chi connectivity index (χ2v) is 8.53. The van der Waals surface area contributed by atoms with Crippen LogP contribution in [0.2, 0.25) is 0 Å². The molecule has 1 N–H and O–H groups in total. The van der Waals surface area contributed by atoms with Crippen LogP contribution in [-0.4, -0.2) is 49.6 Å². The van der Waals surface area contributed by atoms with Crippen molar-refractivity contribution in [2.24, 2.45) is 0 Å². The van der Waals surface area contributed by atoms with Crippen LogP contribution in [0.5, 0.6) is 0 Å². The van der Waals surface area contributed by atoms with E-state index >= 15 is 0 Å². The predicted octanol–water partition coefficient (Wildman–Crippen LogP) is 6.03. The van der Waals surface area contributed by atoms with Crippen molar-refractivity contribution in [3.63, 3.8) is 0 Å². The van der Waals surface area contributed by atoms with Gasteiger partial charge in [0.2, 0.25) is 5.91 Å². The molecule has 5 heteroatoms. The fourth-order valence-corrected chi connectivity index (χ4v) is 3.56. The van der Waals surface area contributed by atoms with Gasteiger partial charge in [0.05, 0.1) is 6.54 Å². The zero-order valence-corrected chi connectivity index (χ0v) is 20.8. The minimum Gasteiger partial charge on any atom is -0.464 e. The topological polar surface area (TPSA) is 58.6 Å². The molecule has 31 heavy (non-hydrogen) atoms. The lowest BCUT2D eigenvalue weighted by molar-refractivity contribution is -0.143. The van der Waals surface area contributed by atoms with Crippen LogP contribution < -0.4 is 5.32 Å². The van der Waals surface area contributed by atoms with E-state index in [1.165, 1.54) is 96.8 Å². The van der Waals surface area contributed by atoms with Gasteiger partial charge in [0.25, 0.3) is 0 Å². The SMILES string of the molecule is CCCCCCCC/C=C/CCCCCCCCNCCN(CCOC(C)=O)C(C)=O. The maximum Gasteiger partial charge on any atom is 0.302 e. The molecular weight excluding hydrogens is 388 g/mol. The van der Waals surface area contributed by atoms with Crippen LogP contribution in [-0.2, 0) is 14.3 Å². The van der Waals surface area contributed by atoms with Crippen LogP contribution >= 0.6 is 0 Å². The molecule has 0 unspecified atom stereocenters. The molecule has 0 aromatic rings. The van der Waals surface area contributed by atoms with Gasteiger partial charge in [-0.05, 0) is 38.6 Å². The first-order valence-electron chi connectivity index (χ1n) is 12.8. The van der Waals surface area contributed by atoms with Gasteiger partial charge in [-0.15, -0.1) is 0 Å². The van der Waals surface area contributed by atoms with Crippen molar-refractivity contribution in [1.29, 1.82) is 0 Å². The molecule has 1 amide bonds. The number of esters is 1. The van der Waals surface area contributed by atoms with E-state index in [-0.39, 0.29) is 18.5 Å². The average Bonchev–Trinajstić information content (AvgIpc) is 2.73. The number of ether oxygens (including phenoxy) is 1. The van der Waals surface area contributed by atoms with Gasteiger partial charge in [-0.1, -0.05) is 76.9 Å².